The third-order valence-corrected chi connectivity index (χ3v) is 4.49. The zero-order valence-corrected chi connectivity index (χ0v) is 20.5. The second-order valence-corrected chi connectivity index (χ2v) is 8.97. The van der Waals surface area contributed by atoms with E-state index in [0.717, 1.165) is 12.1 Å². The minimum Gasteiger partial charge on any atom is -0.526 e. The van der Waals surface area contributed by atoms with Gasteiger partial charge >= 0.3 is 21.7 Å². The normalized spacial score (nSPS) is 18.5. The van der Waals surface area contributed by atoms with Gasteiger partial charge in [-0.05, 0) is 46.6 Å². The van der Waals surface area contributed by atoms with E-state index >= 15 is 0 Å². The summed E-state index contributed by atoms with van der Waals surface area (Å²) in [6.45, 7) is 16.2. The van der Waals surface area contributed by atoms with Crippen LogP contribution >= 0.6 is 0 Å². The smallest absolute Gasteiger partial charge is 0.526 e. The van der Waals surface area contributed by atoms with Gasteiger partial charge in [-0.1, -0.05) is 31.9 Å². The molecule has 1 N–H and O–H groups in total. The predicted octanol–water partition coefficient (Wildman–Crippen LogP) is 4.67. The molecule has 1 radical (unpaired) electrons. The minimum atomic E-state index is -0.153. The van der Waals surface area contributed by atoms with Crippen LogP contribution in [-0.4, -0.2) is 23.9 Å². The number of hydrogen-bond acceptors (Lipinski definition) is 2. The van der Waals surface area contributed by atoms with Crippen molar-refractivity contribution < 1.29 is 31.3 Å². The standard InChI is InChI=1S/C11H12NO.C8H11.C5H10NO.Ti/c1-11(2)7-9-3-5-10(6-4-9)12(11)8-13;1-6-4-7(2)8(3)5-6;1-5(2,3)6-4-7;/h3-6H,7H2,1-2H3;4,6H,1-3H3;1-3H3,(H,6,7);/q3*-1;+3. The van der Waals surface area contributed by atoms with Gasteiger partial charge in [0.15, 0.2) is 0 Å². The second kappa shape index (κ2) is 11.5. The van der Waals surface area contributed by atoms with E-state index in [-0.39, 0.29) is 32.8 Å². The Bertz CT molecular complexity index is 710. The molecular weight excluding hydrogens is 396 g/mol. The SMILES string of the molecule is CC(C)(C)N[C-]=O.CC1(C)Cc2ccc(cc2)N1[C-]=O.CC1=[C-]C(C)C=C1C.[Ti+3]. The number of allylic oxidation sites excluding steroid dienone is 4. The summed E-state index contributed by atoms with van der Waals surface area (Å²) in [6, 6.07) is 8.06. The summed E-state index contributed by atoms with van der Waals surface area (Å²) in [5.41, 5.74) is 4.63. The average Bonchev–Trinajstić information content (AvgIpc) is 2.72. The molecule has 0 saturated carbocycles. The minimum absolute atomic E-state index is 0. The maximum Gasteiger partial charge on any atom is 3.00 e. The van der Waals surface area contributed by atoms with Crippen molar-refractivity contribution in [3.8, 4) is 0 Å². The fraction of sp³-hybridized carbons (Fsp3) is 0.500. The Morgan fingerprint density at radius 2 is 1.69 bits per heavy atom. The van der Waals surface area contributed by atoms with Crippen molar-refractivity contribution >= 4 is 18.5 Å². The Hall–Kier alpha value is -1.65. The Labute approximate surface area is 191 Å². The molecule has 1 aromatic carbocycles. The van der Waals surface area contributed by atoms with Crippen LogP contribution in [0.15, 0.2) is 41.5 Å². The molecule has 155 valence electrons. The van der Waals surface area contributed by atoms with Crippen LogP contribution in [0.4, 0.5) is 5.69 Å². The zero-order valence-electron chi connectivity index (χ0n) is 18.9. The molecule has 5 heteroatoms. The van der Waals surface area contributed by atoms with Crippen molar-refractivity contribution in [2.75, 3.05) is 4.90 Å². The van der Waals surface area contributed by atoms with Gasteiger partial charge in [0.05, 0.1) is 6.41 Å². The van der Waals surface area contributed by atoms with E-state index in [4.69, 9.17) is 0 Å². The Morgan fingerprint density at radius 1 is 1.14 bits per heavy atom. The number of amides is 2. The van der Waals surface area contributed by atoms with Gasteiger partial charge in [-0.3, -0.25) is 6.08 Å². The topological polar surface area (TPSA) is 49.4 Å². The Morgan fingerprint density at radius 3 is 1.97 bits per heavy atom. The summed E-state index contributed by atoms with van der Waals surface area (Å²) in [5.74, 6) is 0.551. The molecule has 0 fully saturated rings. The van der Waals surface area contributed by atoms with E-state index < -0.39 is 0 Å². The average molecular weight is 429 g/mol. The first-order chi connectivity index (χ1) is 12.9. The van der Waals surface area contributed by atoms with Crippen LogP contribution in [0.2, 0.25) is 0 Å². The van der Waals surface area contributed by atoms with Crippen LogP contribution in [0.25, 0.3) is 0 Å². The van der Waals surface area contributed by atoms with E-state index in [0.29, 0.717) is 5.92 Å². The quantitative estimate of drug-likeness (QED) is 0.422. The molecule has 4 rings (SSSR count). The molecule has 0 aromatic heterocycles. The van der Waals surface area contributed by atoms with Gasteiger partial charge in [-0.2, -0.15) is 12.5 Å². The number of nitrogens with one attached hydrogen (secondary N) is 1. The molecule has 1 aliphatic carbocycles. The van der Waals surface area contributed by atoms with Crippen molar-refractivity contribution in [2.24, 2.45) is 5.92 Å². The largest absolute Gasteiger partial charge is 3.00 e. The van der Waals surface area contributed by atoms with Gasteiger partial charge < -0.3 is 19.8 Å². The molecule has 1 unspecified atom stereocenters. The molecule has 29 heavy (non-hydrogen) atoms. The van der Waals surface area contributed by atoms with Gasteiger partial charge in [0, 0.05) is 11.1 Å². The fourth-order valence-corrected chi connectivity index (χ4v) is 3.02. The van der Waals surface area contributed by atoms with Crippen LogP contribution in [0, 0.1) is 12.0 Å². The van der Waals surface area contributed by atoms with Crippen molar-refractivity contribution in [2.45, 2.75) is 72.9 Å². The summed E-state index contributed by atoms with van der Waals surface area (Å²) in [5, 5.41) is 2.48. The van der Waals surface area contributed by atoms with Crippen LogP contribution in [0.3, 0.4) is 0 Å². The van der Waals surface area contributed by atoms with Crippen molar-refractivity contribution in [1.29, 1.82) is 0 Å². The van der Waals surface area contributed by atoms with Gasteiger partial charge in [-0.25, -0.2) is 11.1 Å². The molecule has 0 spiro atoms. The van der Waals surface area contributed by atoms with Crippen molar-refractivity contribution in [3.63, 3.8) is 0 Å². The summed E-state index contributed by atoms with van der Waals surface area (Å²) < 4.78 is 0. The molecule has 0 saturated heterocycles. The fourth-order valence-electron chi connectivity index (χ4n) is 3.02. The molecular formula is C24H33N2O2Ti. The van der Waals surface area contributed by atoms with Crippen LogP contribution in [-0.2, 0) is 37.7 Å². The maximum absolute atomic E-state index is 10.8. The van der Waals surface area contributed by atoms with E-state index in [1.165, 1.54) is 16.7 Å². The third-order valence-electron chi connectivity index (χ3n) is 4.49. The first-order valence-corrected chi connectivity index (χ1v) is 9.60. The summed E-state index contributed by atoms with van der Waals surface area (Å²) >= 11 is 0. The summed E-state index contributed by atoms with van der Waals surface area (Å²) in [4.78, 5) is 22.1. The Kier molecular flexibility index (Phi) is 10.9. The second-order valence-electron chi connectivity index (χ2n) is 8.97. The number of hydrogen-bond donors (Lipinski definition) is 1. The molecule has 2 amide bonds. The summed E-state index contributed by atoms with van der Waals surface area (Å²) in [7, 11) is 0. The maximum atomic E-state index is 10.8. The number of rotatable bonds is 2. The van der Waals surface area contributed by atoms with Gasteiger partial charge in [0.1, 0.15) is 0 Å². The number of anilines is 1. The van der Waals surface area contributed by atoms with Crippen molar-refractivity contribution in [1.82, 2.24) is 5.32 Å². The van der Waals surface area contributed by atoms with Gasteiger partial charge in [-0.15, -0.1) is 24.7 Å². The first kappa shape index (κ1) is 27.4. The Balaban J connectivity index is 0.000000428. The van der Waals surface area contributed by atoms with E-state index in [9.17, 15) is 9.59 Å². The molecule has 3 aliphatic rings. The predicted molar refractivity (Wildman–Crippen MR) is 116 cm³/mol. The summed E-state index contributed by atoms with van der Waals surface area (Å²) in [6.07, 6.45) is 10.0. The van der Waals surface area contributed by atoms with E-state index in [1.54, 1.807) is 11.3 Å². The number of fused-ring (bicyclic) bond motifs is 4. The number of nitrogens with zero attached hydrogens (tertiary/aromatic N) is 1. The molecule has 2 heterocycles. The van der Waals surface area contributed by atoms with Crippen molar-refractivity contribution in [3.05, 3.63) is 53.1 Å². The van der Waals surface area contributed by atoms with E-state index in [1.807, 2.05) is 39.3 Å². The van der Waals surface area contributed by atoms with Crippen LogP contribution < -0.4 is 10.2 Å². The van der Waals surface area contributed by atoms with Crippen LogP contribution in [0.1, 0.15) is 61.0 Å². The third kappa shape index (κ3) is 9.14. The molecule has 1 aromatic rings. The van der Waals surface area contributed by atoms with Gasteiger partial charge in [0.2, 0.25) is 0 Å². The van der Waals surface area contributed by atoms with Crippen LogP contribution in [0.5, 0.6) is 0 Å². The molecule has 4 nitrogen and oxygen atoms in total. The molecule has 2 bridgehead atoms. The molecule has 2 aliphatic heterocycles. The van der Waals surface area contributed by atoms with Gasteiger partial charge in [0.25, 0.3) is 0 Å². The number of carbonyl (C=O) groups excluding carboxylic acids is 2. The number of benzene rings is 1. The first-order valence-electron chi connectivity index (χ1n) is 9.60. The van der Waals surface area contributed by atoms with E-state index in [2.05, 4.69) is 64.2 Å². The zero-order chi connectivity index (χ0) is 21.5. The monoisotopic (exact) mass is 429 g/mol. The molecule has 1 atom stereocenters.